The molecule has 0 bridgehead atoms. The highest BCUT2D eigenvalue weighted by molar-refractivity contribution is 6.20. The van der Waals surface area contributed by atoms with E-state index in [1.807, 2.05) is 12.1 Å². The van der Waals surface area contributed by atoms with Crippen molar-refractivity contribution >= 4 is 11.6 Å². The van der Waals surface area contributed by atoms with Crippen LogP contribution in [0.5, 0.6) is 11.5 Å². The summed E-state index contributed by atoms with van der Waals surface area (Å²) in [7, 11) is 3.17. The number of hydrogen-bond donors (Lipinski definition) is 1. The van der Waals surface area contributed by atoms with Crippen molar-refractivity contribution in [2.24, 2.45) is 11.8 Å². The fourth-order valence-corrected chi connectivity index (χ4v) is 4.83. The topological polar surface area (TPSA) is 64.6 Å². The minimum absolute atomic E-state index is 0.0605. The van der Waals surface area contributed by atoms with E-state index in [-0.39, 0.29) is 23.4 Å². The Hall–Kier alpha value is -1.88. The minimum atomic E-state index is -1.17. The number of rotatable bonds is 2. The van der Waals surface area contributed by atoms with Crippen molar-refractivity contribution < 1.29 is 19.1 Å². The maximum absolute atomic E-state index is 13.3. The van der Waals surface area contributed by atoms with Crippen LogP contribution in [0.25, 0.3) is 0 Å². The second kappa shape index (κ2) is 5.59. The fourth-order valence-electron chi connectivity index (χ4n) is 4.83. The SMILES string of the molecule is COc1cc2c(cc1OC)C1(NCC2)C(=O)C2CCCCC2C1=O. The van der Waals surface area contributed by atoms with Crippen molar-refractivity contribution in [1.29, 1.82) is 0 Å². The van der Waals surface area contributed by atoms with E-state index < -0.39 is 5.54 Å². The van der Waals surface area contributed by atoms with Gasteiger partial charge in [-0.1, -0.05) is 12.8 Å². The summed E-state index contributed by atoms with van der Waals surface area (Å²) in [5.74, 6) is 1.07. The second-order valence-electron chi connectivity index (χ2n) is 7.02. The molecule has 2 unspecified atom stereocenters. The Morgan fingerprint density at radius 3 is 2.17 bits per heavy atom. The molecule has 5 nitrogen and oxygen atoms in total. The molecule has 1 aromatic carbocycles. The Kier molecular flexibility index (Phi) is 3.64. The van der Waals surface area contributed by atoms with Crippen LogP contribution in [0.15, 0.2) is 12.1 Å². The van der Waals surface area contributed by atoms with Crippen molar-refractivity contribution in [3.8, 4) is 11.5 Å². The van der Waals surface area contributed by atoms with Crippen LogP contribution in [0, 0.1) is 11.8 Å². The zero-order chi connectivity index (χ0) is 16.9. The summed E-state index contributed by atoms with van der Waals surface area (Å²) in [6.07, 6.45) is 4.51. The summed E-state index contributed by atoms with van der Waals surface area (Å²) in [4.78, 5) is 26.6. The number of hydrogen-bond acceptors (Lipinski definition) is 5. The number of nitrogens with one attached hydrogen (secondary N) is 1. The molecule has 0 saturated heterocycles. The fraction of sp³-hybridized carbons (Fsp3) is 0.579. The van der Waals surface area contributed by atoms with Gasteiger partial charge in [-0.15, -0.1) is 0 Å². The summed E-state index contributed by atoms with van der Waals surface area (Å²) >= 11 is 0. The van der Waals surface area contributed by atoms with E-state index in [1.165, 1.54) is 0 Å². The van der Waals surface area contributed by atoms with Crippen LogP contribution < -0.4 is 14.8 Å². The summed E-state index contributed by atoms with van der Waals surface area (Å²) < 4.78 is 10.8. The van der Waals surface area contributed by atoms with E-state index in [0.29, 0.717) is 18.0 Å². The highest BCUT2D eigenvalue weighted by Crippen LogP contribution is 2.49. The van der Waals surface area contributed by atoms with Crippen molar-refractivity contribution in [3.05, 3.63) is 23.3 Å². The number of ether oxygens (including phenoxy) is 2. The Balaban J connectivity index is 1.89. The first kappa shape index (κ1) is 15.6. The van der Waals surface area contributed by atoms with Gasteiger partial charge in [-0.25, -0.2) is 0 Å². The third-order valence-electron chi connectivity index (χ3n) is 5.98. The predicted molar refractivity (Wildman–Crippen MR) is 88.4 cm³/mol. The van der Waals surface area contributed by atoms with Gasteiger partial charge in [0, 0.05) is 18.4 Å². The average molecular weight is 329 g/mol. The number of carbonyl (C=O) groups is 2. The smallest absolute Gasteiger partial charge is 0.168 e. The van der Waals surface area contributed by atoms with Gasteiger partial charge >= 0.3 is 0 Å². The number of carbonyl (C=O) groups excluding carboxylic acids is 2. The normalized spacial score (nSPS) is 31.8. The lowest BCUT2D eigenvalue weighted by atomic mass is 9.78. The monoisotopic (exact) mass is 329 g/mol. The number of benzene rings is 1. The van der Waals surface area contributed by atoms with Crippen LogP contribution >= 0.6 is 0 Å². The molecule has 2 atom stereocenters. The molecule has 1 heterocycles. The van der Waals surface area contributed by atoms with Crippen molar-refractivity contribution in [2.45, 2.75) is 37.6 Å². The molecule has 128 valence electrons. The van der Waals surface area contributed by atoms with Gasteiger partial charge in [-0.05, 0) is 42.5 Å². The quantitative estimate of drug-likeness (QED) is 0.841. The molecule has 2 fully saturated rings. The number of methoxy groups -OCH3 is 2. The Morgan fingerprint density at radius 2 is 1.58 bits per heavy atom. The van der Waals surface area contributed by atoms with E-state index in [4.69, 9.17) is 9.47 Å². The lowest BCUT2D eigenvalue weighted by molar-refractivity contribution is -0.133. The molecule has 24 heavy (non-hydrogen) atoms. The summed E-state index contributed by atoms with van der Waals surface area (Å²) in [6.45, 7) is 0.624. The third kappa shape index (κ3) is 1.91. The van der Waals surface area contributed by atoms with Crippen molar-refractivity contribution in [3.63, 3.8) is 0 Å². The molecule has 1 spiro atoms. The zero-order valence-electron chi connectivity index (χ0n) is 14.2. The van der Waals surface area contributed by atoms with Crippen molar-refractivity contribution in [2.75, 3.05) is 20.8 Å². The summed E-state index contributed by atoms with van der Waals surface area (Å²) in [6, 6.07) is 3.74. The second-order valence-corrected chi connectivity index (χ2v) is 7.02. The average Bonchev–Trinajstić information content (AvgIpc) is 2.84. The zero-order valence-corrected chi connectivity index (χ0v) is 14.2. The number of fused-ring (bicyclic) bond motifs is 3. The molecule has 0 amide bonds. The van der Waals surface area contributed by atoms with Crippen LogP contribution in [-0.4, -0.2) is 32.3 Å². The van der Waals surface area contributed by atoms with Crippen LogP contribution in [0.1, 0.15) is 36.8 Å². The van der Waals surface area contributed by atoms with E-state index >= 15 is 0 Å². The highest BCUT2D eigenvalue weighted by atomic mass is 16.5. The Morgan fingerprint density at radius 1 is 1.00 bits per heavy atom. The molecular formula is C19H23NO4. The highest BCUT2D eigenvalue weighted by Gasteiger charge is 2.62. The predicted octanol–water partition coefficient (Wildman–Crippen LogP) is 2.00. The molecule has 0 aromatic heterocycles. The largest absolute Gasteiger partial charge is 0.493 e. The van der Waals surface area contributed by atoms with Gasteiger partial charge in [0.25, 0.3) is 0 Å². The van der Waals surface area contributed by atoms with Gasteiger partial charge in [-0.3, -0.25) is 14.9 Å². The Labute approximate surface area is 141 Å². The van der Waals surface area contributed by atoms with Gasteiger partial charge < -0.3 is 9.47 Å². The first-order valence-electron chi connectivity index (χ1n) is 8.72. The standard InChI is InChI=1S/C19H23NO4/c1-23-15-9-11-7-8-20-19(14(11)10-16(15)24-2)17(21)12-5-3-4-6-13(12)18(19)22/h9-10,12-13,20H,3-8H2,1-2H3. The first-order valence-corrected chi connectivity index (χ1v) is 8.72. The number of Topliss-reactive ketones (excluding diaryl/α,β-unsaturated/α-hetero) is 2. The summed E-state index contributed by atoms with van der Waals surface area (Å²) in [5.41, 5.74) is 0.606. The van der Waals surface area contributed by atoms with Gasteiger partial charge in [0.05, 0.1) is 14.2 Å². The third-order valence-corrected chi connectivity index (χ3v) is 5.98. The van der Waals surface area contributed by atoms with E-state index in [0.717, 1.165) is 43.2 Å². The van der Waals surface area contributed by atoms with Gasteiger partial charge in [0.2, 0.25) is 0 Å². The lowest BCUT2D eigenvalue weighted by Gasteiger charge is -2.35. The van der Waals surface area contributed by atoms with E-state index in [9.17, 15) is 9.59 Å². The molecule has 4 rings (SSSR count). The maximum atomic E-state index is 13.3. The molecule has 1 aliphatic heterocycles. The molecule has 5 heteroatoms. The number of ketones is 2. The van der Waals surface area contributed by atoms with Crippen LogP contribution in [0.3, 0.4) is 0 Å². The van der Waals surface area contributed by atoms with Crippen LogP contribution in [0.2, 0.25) is 0 Å². The van der Waals surface area contributed by atoms with Crippen LogP contribution in [0.4, 0.5) is 0 Å². The molecule has 0 radical (unpaired) electrons. The maximum Gasteiger partial charge on any atom is 0.168 e. The summed E-state index contributed by atoms with van der Waals surface area (Å²) in [5, 5.41) is 3.30. The molecule has 2 aliphatic carbocycles. The molecular weight excluding hydrogens is 306 g/mol. The van der Waals surface area contributed by atoms with Gasteiger partial charge in [0.1, 0.15) is 0 Å². The van der Waals surface area contributed by atoms with Crippen LogP contribution in [-0.2, 0) is 21.5 Å². The van der Waals surface area contributed by atoms with E-state index in [2.05, 4.69) is 5.32 Å². The minimum Gasteiger partial charge on any atom is -0.493 e. The van der Waals surface area contributed by atoms with Gasteiger partial charge in [0.15, 0.2) is 28.6 Å². The van der Waals surface area contributed by atoms with Gasteiger partial charge in [-0.2, -0.15) is 0 Å². The molecule has 2 saturated carbocycles. The molecule has 3 aliphatic rings. The molecule has 1 N–H and O–H groups in total. The first-order chi connectivity index (χ1) is 11.6. The molecule has 1 aromatic rings. The van der Waals surface area contributed by atoms with Crippen molar-refractivity contribution in [1.82, 2.24) is 5.32 Å². The lowest BCUT2D eigenvalue weighted by Crippen LogP contribution is -2.55. The Bertz CT molecular complexity index is 688. The van der Waals surface area contributed by atoms with E-state index in [1.54, 1.807) is 14.2 Å².